The molecule has 1 nitrogen and oxygen atoms in total. The summed E-state index contributed by atoms with van der Waals surface area (Å²) in [5.74, 6) is -0.259. The van der Waals surface area contributed by atoms with Gasteiger partial charge in [0.1, 0.15) is 5.82 Å². The van der Waals surface area contributed by atoms with E-state index in [1.165, 1.54) is 23.5 Å². The summed E-state index contributed by atoms with van der Waals surface area (Å²) in [5.41, 5.74) is 0.831. The van der Waals surface area contributed by atoms with Crippen LogP contribution in [0.25, 0.3) is 0 Å². The molecule has 1 unspecified atom stereocenters. The van der Waals surface area contributed by atoms with Crippen molar-refractivity contribution in [2.45, 2.75) is 18.9 Å². The highest BCUT2D eigenvalue weighted by Crippen LogP contribution is 2.33. The fourth-order valence-electron chi connectivity index (χ4n) is 1.76. The molecule has 0 radical (unpaired) electrons. The summed E-state index contributed by atoms with van der Waals surface area (Å²) in [6.45, 7) is 1.77. The topological polar surface area (TPSA) is 20.2 Å². The van der Waals surface area contributed by atoms with Crippen molar-refractivity contribution < 1.29 is 9.50 Å². The average Bonchev–Trinajstić information content (AvgIpc) is 2.68. The first-order chi connectivity index (χ1) is 7.99. The summed E-state index contributed by atoms with van der Waals surface area (Å²) in [4.78, 5) is 0. The minimum Gasteiger partial charge on any atom is -0.385 e. The molecule has 1 atom stereocenters. The van der Waals surface area contributed by atoms with Crippen molar-refractivity contribution in [3.8, 4) is 0 Å². The summed E-state index contributed by atoms with van der Waals surface area (Å²) in [5, 5.41) is 14.3. The van der Waals surface area contributed by atoms with E-state index in [0.29, 0.717) is 6.42 Å². The highest BCUT2D eigenvalue weighted by atomic mass is 79.9. The molecule has 2 aromatic rings. The quantitative estimate of drug-likeness (QED) is 0.904. The van der Waals surface area contributed by atoms with E-state index in [9.17, 15) is 9.50 Å². The summed E-state index contributed by atoms with van der Waals surface area (Å²) in [6.07, 6.45) is 0.461. The third-order valence-electron chi connectivity index (χ3n) is 2.66. The molecule has 0 saturated heterocycles. The van der Waals surface area contributed by atoms with Gasteiger partial charge in [0, 0.05) is 21.8 Å². The van der Waals surface area contributed by atoms with Gasteiger partial charge in [0.05, 0.1) is 5.60 Å². The molecular formula is C13H12BrFOS. The number of aliphatic hydroxyl groups is 1. The van der Waals surface area contributed by atoms with Crippen LogP contribution in [0, 0.1) is 5.82 Å². The Labute approximate surface area is 112 Å². The molecule has 1 heterocycles. The predicted molar refractivity (Wildman–Crippen MR) is 71.7 cm³/mol. The Bertz CT molecular complexity index is 504. The first-order valence-corrected chi connectivity index (χ1v) is 6.91. The van der Waals surface area contributed by atoms with Crippen LogP contribution in [-0.4, -0.2) is 5.11 Å². The second kappa shape index (κ2) is 4.88. The standard InChI is InChI=1S/C13H12BrFOS/c1-13(16,11-7-17-8-12(11)14)6-9-2-4-10(15)5-3-9/h2-5,7-8,16H,6H2,1H3. The zero-order valence-corrected chi connectivity index (χ0v) is 11.7. The molecule has 0 aliphatic rings. The van der Waals surface area contributed by atoms with E-state index in [-0.39, 0.29) is 5.82 Å². The predicted octanol–water partition coefficient (Wildman–Crippen LogP) is 4.10. The molecule has 0 bridgehead atoms. The van der Waals surface area contributed by atoms with Crippen LogP contribution in [0.1, 0.15) is 18.1 Å². The molecule has 2 rings (SSSR count). The lowest BCUT2D eigenvalue weighted by molar-refractivity contribution is 0.0573. The maximum absolute atomic E-state index is 12.8. The SMILES string of the molecule is CC(O)(Cc1ccc(F)cc1)c1cscc1Br. The Kier molecular flexibility index (Phi) is 3.66. The zero-order chi connectivity index (χ0) is 12.5. The lowest BCUT2D eigenvalue weighted by Crippen LogP contribution is -2.24. The van der Waals surface area contributed by atoms with Crippen molar-refractivity contribution in [3.63, 3.8) is 0 Å². The second-order valence-corrected chi connectivity index (χ2v) is 5.81. The van der Waals surface area contributed by atoms with Crippen molar-refractivity contribution in [1.82, 2.24) is 0 Å². The van der Waals surface area contributed by atoms with Crippen molar-refractivity contribution in [2.75, 3.05) is 0 Å². The van der Waals surface area contributed by atoms with Gasteiger partial charge in [0.2, 0.25) is 0 Å². The van der Waals surface area contributed by atoms with Gasteiger partial charge in [-0.25, -0.2) is 4.39 Å². The lowest BCUT2D eigenvalue weighted by Gasteiger charge is -2.23. The van der Waals surface area contributed by atoms with E-state index in [2.05, 4.69) is 15.9 Å². The third-order valence-corrected chi connectivity index (χ3v) is 4.36. The van der Waals surface area contributed by atoms with Gasteiger partial charge in [-0.15, -0.1) is 0 Å². The van der Waals surface area contributed by atoms with E-state index in [1.807, 2.05) is 10.8 Å². The van der Waals surface area contributed by atoms with Gasteiger partial charge < -0.3 is 5.11 Å². The van der Waals surface area contributed by atoms with E-state index in [4.69, 9.17) is 0 Å². The van der Waals surface area contributed by atoms with Crippen LogP contribution in [0.3, 0.4) is 0 Å². The van der Waals surface area contributed by atoms with Gasteiger partial charge in [-0.2, -0.15) is 11.3 Å². The van der Waals surface area contributed by atoms with Crippen molar-refractivity contribution >= 4 is 27.3 Å². The van der Waals surface area contributed by atoms with Crippen LogP contribution in [-0.2, 0) is 12.0 Å². The zero-order valence-electron chi connectivity index (χ0n) is 9.28. The van der Waals surface area contributed by atoms with E-state index in [0.717, 1.165) is 15.6 Å². The molecule has 0 aliphatic carbocycles. The molecule has 0 fully saturated rings. The molecule has 0 aliphatic heterocycles. The van der Waals surface area contributed by atoms with Crippen molar-refractivity contribution in [1.29, 1.82) is 0 Å². The minimum absolute atomic E-state index is 0.259. The number of rotatable bonds is 3. The normalized spacial score (nSPS) is 14.6. The number of hydrogen-bond donors (Lipinski definition) is 1. The highest BCUT2D eigenvalue weighted by Gasteiger charge is 2.26. The number of hydrogen-bond acceptors (Lipinski definition) is 2. The molecule has 4 heteroatoms. The minimum atomic E-state index is -0.948. The average molecular weight is 315 g/mol. The highest BCUT2D eigenvalue weighted by molar-refractivity contribution is 9.10. The molecular weight excluding hydrogens is 303 g/mol. The summed E-state index contributed by atoms with van der Waals surface area (Å²) in [7, 11) is 0. The summed E-state index contributed by atoms with van der Waals surface area (Å²) < 4.78 is 13.7. The van der Waals surface area contributed by atoms with Crippen LogP contribution >= 0.6 is 27.3 Å². The molecule has 1 aromatic carbocycles. The molecule has 17 heavy (non-hydrogen) atoms. The maximum atomic E-state index is 12.8. The Balaban J connectivity index is 2.23. The van der Waals surface area contributed by atoms with Crippen LogP contribution in [0.15, 0.2) is 39.5 Å². The van der Waals surface area contributed by atoms with Crippen LogP contribution < -0.4 is 0 Å². The molecule has 1 N–H and O–H groups in total. The van der Waals surface area contributed by atoms with E-state index < -0.39 is 5.60 Å². The summed E-state index contributed by atoms with van der Waals surface area (Å²) in [6, 6.07) is 6.22. The van der Waals surface area contributed by atoms with Gasteiger partial charge in [-0.1, -0.05) is 12.1 Å². The molecule has 90 valence electrons. The molecule has 0 saturated carbocycles. The van der Waals surface area contributed by atoms with E-state index in [1.54, 1.807) is 19.1 Å². The van der Waals surface area contributed by atoms with Crippen molar-refractivity contribution in [3.05, 3.63) is 56.4 Å². The van der Waals surface area contributed by atoms with Crippen LogP contribution in [0.2, 0.25) is 0 Å². The monoisotopic (exact) mass is 314 g/mol. The van der Waals surface area contributed by atoms with Crippen LogP contribution in [0.4, 0.5) is 4.39 Å². The Morgan fingerprint density at radius 3 is 2.47 bits per heavy atom. The molecule has 0 spiro atoms. The lowest BCUT2D eigenvalue weighted by atomic mass is 9.91. The Morgan fingerprint density at radius 1 is 1.29 bits per heavy atom. The van der Waals surface area contributed by atoms with E-state index >= 15 is 0 Å². The largest absolute Gasteiger partial charge is 0.385 e. The number of benzene rings is 1. The van der Waals surface area contributed by atoms with Gasteiger partial charge >= 0.3 is 0 Å². The third kappa shape index (κ3) is 2.94. The van der Waals surface area contributed by atoms with Crippen LogP contribution in [0.5, 0.6) is 0 Å². The second-order valence-electron chi connectivity index (χ2n) is 4.21. The van der Waals surface area contributed by atoms with Gasteiger partial charge in [-0.05, 0) is 45.9 Å². The fraction of sp³-hybridized carbons (Fsp3) is 0.231. The molecule has 0 amide bonds. The Morgan fingerprint density at radius 2 is 1.94 bits per heavy atom. The smallest absolute Gasteiger partial charge is 0.123 e. The fourth-order valence-corrected chi connectivity index (χ4v) is 3.61. The van der Waals surface area contributed by atoms with Crippen molar-refractivity contribution in [2.24, 2.45) is 0 Å². The van der Waals surface area contributed by atoms with Gasteiger partial charge in [-0.3, -0.25) is 0 Å². The van der Waals surface area contributed by atoms with Gasteiger partial charge in [0.25, 0.3) is 0 Å². The summed E-state index contributed by atoms with van der Waals surface area (Å²) >= 11 is 4.96. The number of thiophene rings is 1. The first kappa shape index (κ1) is 12.7. The molecule has 1 aromatic heterocycles. The number of halogens is 2. The first-order valence-electron chi connectivity index (χ1n) is 5.18. The van der Waals surface area contributed by atoms with Gasteiger partial charge in [0.15, 0.2) is 0 Å². The maximum Gasteiger partial charge on any atom is 0.123 e. The Hall–Kier alpha value is -0.710.